The van der Waals surface area contributed by atoms with Crippen molar-refractivity contribution >= 4 is 96.1 Å². The molecule has 250 valence electrons. The van der Waals surface area contributed by atoms with Crippen molar-refractivity contribution in [2.75, 3.05) is 31.7 Å². The Hall–Kier alpha value is -1.97. The number of anilines is 1. The summed E-state index contributed by atoms with van der Waals surface area (Å²) in [5, 5.41) is 5.48. The van der Waals surface area contributed by atoms with Gasteiger partial charge in [0.05, 0.1) is 0 Å². The number of alkyl halides is 6. The molecule has 0 radical (unpaired) electrons. The lowest BCUT2D eigenvalue weighted by molar-refractivity contribution is 0.0707. The maximum Gasteiger partial charge on any atom is 0.500 e. The number of benzene rings is 2. The summed E-state index contributed by atoms with van der Waals surface area (Å²) in [4.78, 5) is 37.4. The third-order valence-corrected chi connectivity index (χ3v) is 10.1. The molecular formula is C28H31Cl6N5O6Si. The van der Waals surface area contributed by atoms with Crippen LogP contribution in [-0.2, 0) is 20.9 Å². The number of ether oxygens (including phenoxy) is 1. The van der Waals surface area contributed by atoms with Gasteiger partial charge in [0.25, 0.3) is 5.91 Å². The number of carbonyl (C=O) groups excluding carboxylic acids is 2. The van der Waals surface area contributed by atoms with Gasteiger partial charge in [-0.1, -0.05) is 69.6 Å². The predicted octanol–water partition coefficient (Wildman–Crippen LogP) is 7.97. The van der Waals surface area contributed by atoms with Gasteiger partial charge in [0.1, 0.15) is 5.75 Å². The number of hydrogen-bond donors (Lipinski definition) is 2. The number of hydrogen-bond acceptors (Lipinski definition) is 9. The van der Waals surface area contributed by atoms with Crippen LogP contribution in [0.3, 0.4) is 0 Å². The van der Waals surface area contributed by atoms with Crippen molar-refractivity contribution < 1.29 is 27.6 Å². The lowest BCUT2D eigenvalue weighted by Gasteiger charge is -2.28. The summed E-state index contributed by atoms with van der Waals surface area (Å²) in [7, 11) is -2.79. The Morgan fingerprint density at radius 1 is 0.761 bits per heavy atom. The predicted molar refractivity (Wildman–Crippen MR) is 182 cm³/mol. The summed E-state index contributed by atoms with van der Waals surface area (Å²) < 4.78 is 18.8. The van der Waals surface area contributed by atoms with Crippen LogP contribution in [0.1, 0.15) is 49.2 Å². The number of aromatic nitrogens is 3. The molecule has 2 aromatic carbocycles. The summed E-state index contributed by atoms with van der Waals surface area (Å²) in [6, 6.07) is 13.1. The highest BCUT2D eigenvalue weighted by Crippen LogP contribution is 2.40. The summed E-state index contributed by atoms with van der Waals surface area (Å²) in [5.41, 5.74) is 1.28. The Kier molecular flexibility index (Phi) is 14.6. The van der Waals surface area contributed by atoms with Gasteiger partial charge in [0, 0.05) is 49.2 Å². The van der Waals surface area contributed by atoms with Crippen molar-refractivity contribution in [2.24, 2.45) is 0 Å². The Labute approximate surface area is 297 Å². The van der Waals surface area contributed by atoms with Crippen LogP contribution in [0.4, 0.5) is 10.5 Å². The van der Waals surface area contributed by atoms with E-state index in [1.807, 2.05) is 20.8 Å². The van der Waals surface area contributed by atoms with E-state index in [4.69, 9.17) is 87.6 Å². The zero-order valence-corrected chi connectivity index (χ0v) is 30.5. The number of carbonyl (C=O) groups is 2. The first-order chi connectivity index (χ1) is 21.7. The summed E-state index contributed by atoms with van der Waals surface area (Å²) in [6.45, 7) is 7.44. The number of nitrogens with zero attached hydrogens (tertiary/aromatic N) is 3. The largest absolute Gasteiger partial charge is 0.500 e. The SMILES string of the molecule is CCO[Si](CCCNC(=O)Oc1ccc(C(=O)Nc2ccc(-c3nc(C(Cl)(Cl)Cl)nc(C(Cl)(Cl)Cl)n3)cc2)cc1)(OCC)OCC. The van der Waals surface area contributed by atoms with Crippen LogP contribution in [0.15, 0.2) is 48.5 Å². The monoisotopic (exact) mass is 771 g/mol. The molecule has 0 fully saturated rings. The van der Waals surface area contributed by atoms with E-state index in [9.17, 15) is 9.59 Å². The molecule has 0 aliphatic heterocycles. The molecule has 0 saturated carbocycles. The average molecular weight is 774 g/mol. The molecule has 2 N–H and O–H groups in total. The second kappa shape index (κ2) is 17.4. The number of rotatable bonds is 14. The van der Waals surface area contributed by atoms with E-state index in [1.165, 1.54) is 24.3 Å². The molecule has 0 bridgehead atoms. The van der Waals surface area contributed by atoms with Gasteiger partial charge >= 0.3 is 14.9 Å². The topological polar surface area (TPSA) is 134 Å². The van der Waals surface area contributed by atoms with Crippen molar-refractivity contribution in [2.45, 2.75) is 40.8 Å². The standard InChI is InChI=1S/C28H31Cl6N5O6Si/c1-4-42-46(43-5-2,44-6-3)17-7-16-35-26(41)45-21-14-10-19(11-15-21)23(40)36-20-12-8-18(9-13-20)22-37-24(27(29,30)31)39-25(38-22)28(32,33)34/h8-15H,4-7,16-17H2,1-3H3,(H,35,41)(H,36,40). The van der Waals surface area contributed by atoms with Crippen molar-refractivity contribution in [3.63, 3.8) is 0 Å². The van der Waals surface area contributed by atoms with Crippen LogP contribution in [0, 0.1) is 0 Å². The van der Waals surface area contributed by atoms with Crippen LogP contribution in [0.25, 0.3) is 11.4 Å². The lowest BCUT2D eigenvalue weighted by atomic mass is 10.1. The minimum atomic E-state index is -2.79. The lowest BCUT2D eigenvalue weighted by Crippen LogP contribution is -2.46. The molecule has 18 heteroatoms. The highest BCUT2D eigenvalue weighted by Gasteiger charge is 2.39. The van der Waals surface area contributed by atoms with Crippen LogP contribution in [0.5, 0.6) is 5.75 Å². The van der Waals surface area contributed by atoms with Gasteiger partial charge in [-0.2, -0.15) is 0 Å². The van der Waals surface area contributed by atoms with Crippen molar-refractivity contribution in [1.82, 2.24) is 20.3 Å². The summed E-state index contributed by atoms with van der Waals surface area (Å²) in [5.74, 6) is -0.494. The zero-order chi connectivity index (χ0) is 34.0. The molecule has 0 aliphatic carbocycles. The third-order valence-electron chi connectivity index (χ3n) is 5.89. The molecule has 0 spiro atoms. The molecule has 1 aromatic heterocycles. The average Bonchev–Trinajstić information content (AvgIpc) is 2.99. The molecule has 2 amide bonds. The van der Waals surface area contributed by atoms with Crippen LogP contribution in [0.2, 0.25) is 6.04 Å². The van der Waals surface area contributed by atoms with Gasteiger partial charge in [-0.15, -0.1) is 0 Å². The van der Waals surface area contributed by atoms with Crippen LogP contribution in [-0.4, -0.2) is 62.1 Å². The smallest absolute Gasteiger partial charge is 0.410 e. The fraction of sp³-hybridized carbons (Fsp3) is 0.393. The van der Waals surface area contributed by atoms with E-state index < -0.39 is 28.4 Å². The zero-order valence-electron chi connectivity index (χ0n) is 24.9. The second-order valence-corrected chi connectivity index (χ2v) is 16.6. The fourth-order valence-corrected chi connectivity index (χ4v) is 7.10. The molecule has 0 unspecified atom stereocenters. The Morgan fingerprint density at radius 3 is 1.76 bits per heavy atom. The minimum absolute atomic E-state index is 0.0895. The first-order valence-electron chi connectivity index (χ1n) is 14.0. The quantitative estimate of drug-likeness (QED) is 0.0951. The molecule has 0 aliphatic rings. The Balaban J connectivity index is 1.56. The molecule has 3 aromatic rings. The normalized spacial score (nSPS) is 12.1. The molecule has 11 nitrogen and oxygen atoms in total. The first-order valence-corrected chi connectivity index (χ1v) is 18.2. The maximum atomic E-state index is 12.8. The highest BCUT2D eigenvalue weighted by atomic mass is 35.6. The molecule has 0 atom stereocenters. The number of nitrogens with one attached hydrogen (secondary N) is 2. The van der Waals surface area contributed by atoms with Gasteiger partial charge < -0.3 is 28.6 Å². The van der Waals surface area contributed by atoms with E-state index in [0.717, 1.165) is 0 Å². The minimum Gasteiger partial charge on any atom is -0.410 e. The summed E-state index contributed by atoms with van der Waals surface area (Å²) in [6.07, 6.45) is -0.0444. The van der Waals surface area contributed by atoms with E-state index in [0.29, 0.717) is 55.6 Å². The molecule has 3 rings (SSSR count). The molecular weight excluding hydrogens is 743 g/mol. The Morgan fingerprint density at radius 2 is 1.28 bits per heavy atom. The molecule has 1 heterocycles. The van der Waals surface area contributed by atoms with E-state index >= 15 is 0 Å². The third kappa shape index (κ3) is 11.6. The number of amides is 2. The van der Waals surface area contributed by atoms with Crippen molar-refractivity contribution in [3.05, 3.63) is 65.7 Å². The maximum absolute atomic E-state index is 12.8. The Bertz CT molecular complexity index is 1410. The first kappa shape index (κ1) is 38.5. The molecule has 0 saturated heterocycles. The van der Waals surface area contributed by atoms with Gasteiger partial charge in [-0.05, 0) is 75.7 Å². The highest BCUT2D eigenvalue weighted by molar-refractivity contribution is 6.67. The van der Waals surface area contributed by atoms with E-state index in [2.05, 4.69) is 25.6 Å². The van der Waals surface area contributed by atoms with Crippen LogP contribution >= 0.6 is 69.6 Å². The summed E-state index contributed by atoms with van der Waals surface area (Å²) >= 11 is 35.7. The van der Waals surface area contributed by atoms with E-state index in [-0.39, 0.29) is 23.2 Å². The van der Waals surface area contributed by atoms with Crippen molar-refractivity contribution in [3.8, 4) is 17.1 Å². The van der Waals surface area contributed by atoms with Gasteiger partial charge in [-0.25, -0.2) is 19.7 Å². The molecule has 46 heavy (non-hydrogen) atoms. The van der Waals surface area contributed by atoms with Gasteiger partial charge in [0.2, 0.25) is 7.59 Å². The van der Waals surface area contributed by atoms with Gasteiger partial charge in [0.15, 0.2) is 17.5 Å². The van der Waals surface area contributed by atoms with Crippen LogP contribution < -0.4 is 15.4 Å². The van der Waals surface area contributed by atoms with Gasteiger partial charge in [-0.3, -0.25) is 4.79 Å². The van der Waals surface area contributed by atoms with E-state index in [1.54, 1.807) is 24.3 Å². The second-order valence-electron chi connectivity index (χ2n) is 9.26. The van der Waals surface area contributed by atoms with Crippen molar-refractivity contribution in [1.29, 1.82) is 0 Å². The fourth-order valence-electron chi connectivity index (χ4n) is 3.98. The number of halogens is 6.